The van der Waals surface area contributed by atoms with Crippen molar-refractivity contribution in [1.82, 2.24) is 4.98 Å². The fourth-order valence-corrected chi connectivity index (χ4v) is 2.18. The summed E-state index contributed by atoms with van der Waals surface area (Å²) in [5.41, 5.74) is -0.497. The molecule has 3 nitrogen and oxygen atoms in total. The molecular weight excluding hydrogens is 246 g/mol. The Morgan fingerprint density at radius 2 is 1.89 bits per heavy atom. The standard InChI is InChI=1S/C14H15NO2S/c16-14(18-13-8-4-5-10-15-13)9-11-17-12-6-2-1-3-7-12/h1-8,10,14,16H,9,11H2. The largest absolute Gasteiger partial charge is 0.493 e. The Morgan fingerprint density at radius 3 is 2.61 bits per heavy atom. The molecule has 0 aliphatic rings. The topological polar surface area (TPSA) is 42.4 Å². The fraction of sp³-hybridized carbons (Fsp3) is 0.214. The quantitative estimate of drug-likeness (QED) is 0.641. The Morgan fingerprint density at radius 1 is 1.11 bits per heavy atom. The molecule has 0 spiro atoms. The normalized spacial score (nSPS) is 12.1. The van der Waals surface area contributed by atoms with Gasteiger partial charge in [0.2, 0.25) is 0 Å². The lowest BCUT2D eigenvalue weighted by atomic mass is 10.3. The van der Waals surface area contributed by atoms with Gasteiger partial charge >= 0.3 is 0 Å². The zero-order chi connectivity index (χ0) is 12.6. The molecule has 1 N–H and O–H groups in total. The first-order chi connectivity index (χ1) is 8.84. The minimum absolute atomic E-state index is 0.491. The van der Waals surface area contributed by atoms with Gasteiger partial charge < -0.3 is 9.84 Å². The highest BCUT2D eigenvalue weighted by Crippen LogP contribution is 2.21. The average molecular weight is 261 g/mol. The second kappa shape index (κ2) is 7.03. The first kappa shape index (κ1) is 12.9. The average Bonchev–Trinajstić information content (AvgIpc) is 2.41. The van der Waals surface area contributed by atoms with E-state index in [1.807, 2.05) is 48.5 Å². The Kier molecular flexibility index (Phi) is 5.05. The van der Waals surface area contributed by atoms with Crippen molar-refractivity contribution in [3.05, 3.63) is 54.7 Å². The molecule has 4 heteroatoms. The van der Waals surface area contributed by atoms with Crippen molar-refractivity contribution >= 4 is 11.8 Å². The van der Waals surface area contributed by atoms with Crippen molar-refractivity contribution in [1.29, 1.82) is 0 Å². The maximum atomic E-state index is 9.82. The van der Waals surface area contributed by atoms with Gasteiger partial charge in [-0.3, -0.25) is 0 Å². The number of para-hydroxylation sites is 1. The van der Waals surface area contributed by atoms with Gasteiger partial charge in [-0.2, -0.15) is 0 Å². The Hall–Kier alpha value is -1.52. The number of rotatable bonds is 6. The number of aliphatic hydroxyl groups is 1. The lowest BCUT2D eigenvalue weighted by molar-refractivity contribution is 0.208. The van der Waals surface area contributed by atoms with Gasteiger partial charge in [0, 0.05) is 12.6 Å². The lowest BCUT2D eigenvalue weighted by Crippen LogP contribution is -2.08. The number of hydrogen-bond acceptors (Lipinski definition) is 4. The molecule has 1 aromatic heterocycles. The van der Waals surface area contributed by atoms with Crippen molar-refractivity contribution in [2.45, 2.75) is 16.9 Å². The summed E-state index contributed by atoms with van der Waals surface area (Å²) in [4.78, 5) is 4.15. The molecule has 1 atom stereocenters. The van der Waals surface area contributed by atoms with Gasteiger partial charge in [0.1, 0.15) is 11.2 Å². The molecule has 0 radical (unpaired) electrons. The molecule has 0 aliphatic heterocycles. The van der Waals surface area contributed by atoms with Crippen LogP contribution in [0.3, 0.4) is 0 Å². The monoisotopic (exact) mass is 261 g/mol. The molecule has 2 aromatic rings. The highest BCUT2D eigenvalue weighted by Gasteiger charge is 2.07. The van der Waals surface area contributed by atoms with Crippen LogP contribution in [0.2, 0.25) is 0 Å². The van der Waals surface area contributed by atoms with Crippen molar-refractivity contribution in [3.63, 3.8) is 0 Å². The van der Waals surface area contributed by atoms with Crippen LogP contribution in [-0.4, -0.2) is 22.1 Å². The van der Waals surface area contributed by atoms with Crippen LogP contribution in [0.1, 0.15) is 6.42 Å². The maximum Gasteiger partial charge on any atom is 0.119 e. The molecule has 18 heavy (non-hydrogen) atoms. The van der Waals surface area contributed by atoms with E-state index < -0.39 is 5.44 Å². The van der Waals surface area contributed by atoms with Crippen molar-refractivity contribution in [2.24, 2.45) is 0 Å². The predicted octanol–water partition coefficient (Wildman–Crippen LogP) is 2.96. The lowest BCUT2D eigenvalue weighted by Gasteiger charge is -2.10. The van der Waals surface area contributed by atoms with E-state index in [0.29, 0.717) is 13.0 Å². The molecule has 0 saturated carbocycles. The fourth-order valence-electron chi connectivity index (χ4n) is 1.41. The van der Waals surface area contributed by atoms with E-state index in [9.17, 15) is 5.11 Å². The highest BCUT2D eigenvalue weighted by molar-refractivity contribution is 7.99. The Labute approximate surface area is 111 Å². The third kappa shape index (κ3) is 4.39. The van der Waals surface area contributed by atoms with E-state index in [4.69, 9.17) is 4.74 Å². The zero-order valence-electron chi connectivity index (χ0n) is 9.90. The molecule has 0 amide bonds. The van der Waals surface area contributed by atoms with Crippen LogP contribution in [-0.2, 0) is 0 Å². The maximum absolute atomic E-state index is 9.82. The first-order valence-corrected chi connectivity index (χ1v) is 6.66. The van der Waals surface area contributed by atoms with Crippen LogP contribution in [0.15, 0.2) is 59.8 Å². The number of thioether (sulfide) groups is 1. The molecule has 1 heterocycles. The van der Waals surface area contributed by atoms with E-state index in [2.05, 4.69) is 4.98 Å². The molecular formula is C14H15NO2S. The van der Waals surface area contributed by atoms with Crippen molar-refractivity contribution in [3.8, 4) is 5.75 Å². The SMILES string of the molecule is OC(CCOc1ccccc1)Sc1ccccn1. The third-order valence-electron chi connectivity index (χ3n) is 2.27. The molecule has 0 fully saturated rings. The van der Waals surface area contributed by atoms with Crippen LogP contribution in [0.25, 0.3) is 0 Å². The second-order valence-corrected chi connectivity index (χ2v) is 4.89. The number of pyridine rings is 1. The summed E-state index contributed by atoms with van der Waals surface area (Å²) in [6, 6.07) is 15.2. The summed E-state index contributed by atoms with van der Waals surface area (Å²) in [5.74, 6) is 0.826. The van der Waals surface area contributed by atoms with Gasteiger partial charge in [-0.25, -0.2) is 4.98 Å². The summed E-state index contributed by atoms with van der Waals surface area (Å²) >= 11 is 1.34. The van der Waals surface area contributed by atoms with Crippen molar-refractivity contribution in [2.75, 3.05) is 6.61 Å². The van der Waals surface area contributed by atoms with Gasteiger partial charge in [0.25, 0.3) is 0 Å². The molecule has 2 rings (SSSR count). The Bertz CT molecular complexity index is 450. The van der Waals surface area contributed by atoms with Crippen LogP contribution in [0, 0.1) is 0 Å². The van der Waals surface area contributed by atoms with Crippen LogP contribution in [0.4, 0.5) is 0 Å². The van der Waals surface area contributed by atoms with Gasteiger partial charge in [-0.15, -0.1) is 0 Å². The number of hydrogen-bond donors (Lipinski definition) is 1. The summed E-state index contributed by atoms with van der Waals surface area (Å²) < 4.78 is 5.52. The van der Waals surface area contributed by atoms with Gasteiger partial charge in [0.05, 0.1) is 11.6 Å². The van der Waals surface area contributed by atoms with Crippen LogP contribution in [0.5, 0.6) is 5.75 Å². The number of ether oxygens (including phenoxy) is 1. The number of benzene rings is 1. The van der Waals surface area contributed by atoms with Crippen LogP contribution >= 0.6 is 11.8 Å². The second-order valence-electron chi connectivity index (χ2n) is 3.69. The van der Waals surface area contributed by atoms with E-state index in [1.165, 1.54) is 11.8 Å². The van der Waals surface area contributed by atoms with Gasteiger partial charge in [-0.05, 0) is 24.3 Å². The molecule has 0 aliphatic carbocycles. The van der Waals surface area contributed by atoms with Gasteiger partial charge in [0.15, 0.2) is 0 Å². The third-order valence-corrected chi connectivity index (χ3v) is 3.26. The van der Waals surface area contributed by atoms with E-state index in [0.717, 1.165) is 10.8 Å². The van der Waals surface area contributed by atoms with E-state index in [1.54, 1.807) is 6.20 Å². The zero-order valence-corrected chi connectivity index (χ0v) is 10.7. The first-order valence-electron chi connectivity index (χ1n) is 5.78. The molecule has 1 unspecified atom stereocenters. The predicted molar refractivity (Wildman–Crippen MR) is 72.7 cm³/mol. The molecule has 1 aromatic carbocycles. The minimum atomic E-state index is -0.497. The highest BCUT2D eigenvalue weighted by atomic mass is 32.2. The van der Waals surface area contributed by atoms with Crippen LogP contribution < -0.4 is 4.74 Å². The minimum Gasteiger partial charge on any atom is -0.493 e. The Balaban J connectivity index is 1.71. The van der Waals surface area contributed by atoms with E-state index in [-0.39, 0.29) is 0 Å². The molecule has 94 valence electrons. The number of aromatic nitrogens is 1. The van der Waals surface area contributed by atoms with E-state index >= 15 is 0 Å². The summed E-state index contributed by atoms with van der Waals surface area (Å²) in [5, 5.41) is 10.6. The summed E-state index contributed by atoms with van der Waals surface area (Å²) in [6.45, 7) is 0.491. The van der Waals surface area contributed by atoms with Crippen molar-refractivity contribution < 1.29 is 9.84 Å². The van der Waals surface area contributed by atoms with Gasteiger partial charge in [-0.1, -0.05) is 36.0 Å². The number of aliphatic hydroxyl groups excluding tert-OH is 1. The summed E-state index contributed by atoms with van der Waals surface area (Å²) in [7, 11) is 0. The summed E-state index contributed by atoms with van der Waals surface area (Å²) in [6.07, 6.45) is 2.28. The molecule has 0 saturated heterocycles. The smallest absolute Gasteiger partial charge is 0.119 e. The molecule has 0 bridgehead atoms. The number of nitrogens with zero attached hydrogens (tertiary/aromatic N) is 1.